The Morgan fingerprint density at radius 1 is 1.00 bits per heavy atom. The molecule has 1 aromatic carbocycles. The van der Waals surface area contributed by atoms with Crippen LogP contribution in [0.1, 0.15) is 68.6 Å². The molecule has 27 heavy (non-hydrogen) atoms. The third-order valence-corrected chi connectivity index (χ3v) is 4.33. The summed E-state index contributed by atoms with van der Waals surface area (Å²) in [6.45, 7) is 2.76. The largest absolute Gasteiger partial charge is 0.493 e. The molecule has 0 spiro atoms. The molecular weight excluding hydrogens is 350 g/mol. The number of imide groups is 1. The van der Waals surface area contributed by atoms with E-state index in [-0.39, 0.29) is 18.4 Å². The highest BCUT2D eigenvalue weighted by molar-refractivity contribution is 6.02. The van der Waals surface area contributed by atoms with Gasteiger partial charge < -0.3 is 14.3 Å². The lowest BCUT2D eigenvalue weighted by atomic mass is 10.1. The zero-order valence-corrected chi connectivity index (χ0v) is 16.0. The van der Waals surface area contributed by atoms with Gasteiger partial charge in [-0.3, -0.25) is 9.59 Å². The minimum atomic E-state index is -0.792. The molecule has 148 valence electrons. The number of amides is 2. The average Bonchev–Trinajstić information content (AvgIpc) is 2.99. The number of benzene rings is 1. The van der Waals surface area contributed by atoms with Crippen LogP contribution in [0.4, 0.5) is 0 Å². The van der Waals surface area contributed by atoms with Crippen LogP contribution in [0.5, 0.6) is 11.5 Å². The van der Waals surface area contributed by atoms with Crippen molar-refractivity contribution in [3.05, 3.63) is 23.8 Å². The van der Waals surface area contributed by atoms with Crippen LogP contribution in [-0.4, -0.2) is 36.6 Å². The van der Waals surface area contributed by atoms with Gasteiger partial charge in [0.15, 0.2) is 11.5 Å². The highest BCUT2D eigenvalue weighted by Crippen LogP contribution is 2.29. The van der Waals surface area contributed by atoms with Crippen molar-refractivity contribution in [2.45, 2.75) is 58.3 Å². The lowest BCUT2D eigenvalue weighted by Gasteiger charge is -2.14. The average molecular weight is 377 g/mol. The molecule has 1 aliphatic rings. The second-order valence-electron chi connectivity index (χ2n) is 6.44. The van der Waals surface area contributed by atoms with Gasteiger partial charge in [-0.25, -0.2) is 4.79 Å². The molecule has 1 fully saturated rings. The van der Waals surface area contributed by atoms with E-state index in [0.717, 1.165) is 12.8 Å². The minimum Gasteiger partial charge on any atom is -0.493 e. The Balaban J connectivity index is 1.88. The zero-order chi connectivity index (χ0) is 19.6. The molecule has 7 nitrogen and oxygen atoms in total. The molecule has 0 saturated carbocycles. The molecule has 0 radical (unpaired) electrons. The maximum atomic E-state index is 12.2. The third kappa shape index (κ3) is 5.98. The number of hydrogen-bond donors (Lipinski definition) is 0. The Bertz CT molecular complexity index is 656. The molecule has 1 aromatic rings. The van der Waals surface area contributed by atoms with E-state index < -0.39 is 17.8 Å². The molecule has 0 bridgehead atoms. The molecular formula is C20H27NO6. The quantitative estimate of drug-likeness (QED) is 0.432. The van der Waals surface area contributed by atoms with E-state index in [1.807, 2.05) is 0 Å². The highest BCUT2D eigenvalue weighted by Gasteiger charge is 2.33. The molecule has 1 saturated heterocycles. The smallest absolute Gasteiger partial charge is 0.364 e. The van der Waals surface area contributed by atoms with Crippen molar-refractivity contribution in [1.82, 2.24) is 5.06 Å². The number of rotatable bonds is 11. The van der Waals surface area contributed by atoms with Crippen LogP contribution < -0.4 is 9.47 Å². The van der Waals surface area contributed by atoms with Crippen molar-refractivity contribution in [3.8, 4) is 11.5 Å². The maximum absolute atomic E-state index is 12.2. The van der Waals surface area contributed by atoms with Gasteiger partial charge >= 0.3 is 5.97 Å². The fourth-order valence-electron chi connectivity index (χ4n) is 2.77. The number of ether oxygens (including phenoxy) is 2. The number of methoxy groups -OCH3 is 1. The third-order valence-electron chi connectivity index (χ3n) is 4.33. The number of unbranched alkanes of at least 4 members (excludes halogenated alkanes) is 5. The van der Waals surface area contributed by atoms with E-state index in [4.69, 9.17) is 14.3 Å². The van der Waals surface area contributed by atoms with E-state index in [9.17, 15) is 14.4 Å². The Labute approximate surface area is 159 Å². The summed E-state index contributed by atoms with van der Waals surface area (Å²) in [5.74, 6) is -0.886. The predicted molar refractivity (Wildman–Crippen MR) is 98.4 cm³/mol. The maximum Gasteiger partial charge on any atom is 0.364 e. The van der Waals surface area contributed by atoms with Crippen molar-refractivity contribution in [1.29, 1.82) is 0 Å². The fourth-order valence-corrected chi connectivity index (χ4v) is 2.77. The summed E-state index contributed by atoms with van der Waals surface area (Å²) in [5.41, 5.74) is 0.172. The molecule has 2 rings (SSSR count). The molecule has 0 atom stereocenters. The van der Waals surface area contributed by atoms with Crippen molar-refractivity contribution >= 4 is 17.8 Å². The Kier molecular flexibility index (Phi) is 8.10. The van der Waals surface area contributed by atoms with Crippen molar-refractivity contribution < 1.29 is 28.7 Å². The summed E-state index contributed by atoms with van der Waals surface area (Å²) in [5, 5.41) is 0.526. The minimum absolute atomic E-state index is 0.0562. The summed E-state index contributed by atoms with van der Waals surface area (Å²) < 4.78 is 11.0. The zero-order valence-electron chi connectivity index (χ0n) is 16.0. The van der Waals surface area contributed by atoms with Gasteiger partial charge in [0, 0.05) is 12.8 Å². The molecule has 0 aliphatic carbocycles. The van der Waals surface area contributed by atoms with E-state index in [1.54, 1.807) is 6.07 Å². The molecule has 2 amide bonds. The van der Waals surface area contributed by atoms with Crippen LogP contribution in [0.25, 0.3) is 0 Å². The van der Waals surface area contributed by atoms with Gasteiger partial charge in [0.05, 0.1) is 19.3 Å². The van der Waals surface area contributed by atoms with Crippen LogP contribution in [0.2, 0.25) is 0 Å². The summed E-state index contributed by atoms with van der Waals surface area (Å²) in [4.78, 5) is 40.2. The number of hydrogen-bond acceptors (Lipinski definition) is 6. The first-order valence-corrected chi connectivity index (χ1v) is 9.45. The second kappa shape index (κ2) is 10.5. The van der Waals surface area contributed by atoms with E-state index in [0.29, 0.717) is 23.2 Å². The van der Waals surface area contributed by atoms with Gasteiger partial charge in [0.25, 0.3) is 11.8 Å². The topological polar surface area (TPSA) is 82.1 Å². The molecule has 1 aliphatic heterocycles. The molecule has 1 heterocycles. The molecule has 7 heteroatoms. The Morgan fingerprint density at radius 2 is 1.67 bits per heavy atom. The van der Waals surface area contributed by atoms with Gasteiger partial charge in [-0.05, 0) is 24.6 Å². The fraction of sp³-hybridized carbons (Fsp3) is 0.550. The summed E-state index contributed by atoms with van der Waals surface area (Å²) in [7, 11) is 1.48. The predicted octanol–water partition coefficient (Wildman–Crippen LogP) is 3.66. The number of carbonyl (C=O) groups is 3. The van der Waals surface area contributed by atoms with Gasteiger partial charge in [-0.1, -0.05) is 39.0 Å². The van der Waals surface area contributed by atoms with E-state index in [1.165, 1.54) is 44.9 Å². The Morgan fingerprint density at radius 3 is 2.33 bits per heavy atom. The van der Waals surface area contributed by atoms with Gasteiger partial charge in [0.1, 0.15) is 0 Å². The highest BCUT2D eigenvalue weighted by atomic mass is 16.7. The van der Waals surface area contributed by atoms with Gasteiger partial charge in [-0.2, -0.15) is 0 Å². The second-order valence-corrected chi connectivity index (χ2v) is 6.44. The van der Waals surface area contributed by atoms with Crippen LogP contribution in [0.15, 0.2) is 18.2 Å². The van der Waals surface area contributed by atoms with Gasteiger partial charge in [-0.15, -0.1) is 5.06 Å². The van der Waals surface area contributed by atoms with Gasteiger partial charge in [0.2, 0.25) is 0 Å². The monoisotopic (exact) mass is 377 g/mol. The first-order valence-electron chi connectivity index (χ1n) is 9.45. The summed E-state index contributed by atoms with van der Waals surface area (Å²) in [6.07, 6.45) is 7.12. The normalized spacial score (nSPS) is 13.8. The van der Waals surface area contributed by atoms with E-state index in [2.05, 4.69) is 6.92 Å². The standard InChI is InChI=1S/C20H27NO6/c1-3-4-5-6-7-8-13-26-16-10-9-15(14-17(16)25-2)20(24)27-21-18(22)11-12-19(21)23/h9-10,14H,3-8,11-13H2,1-2H3. The lowest BCUT2D eigenvalue weighted by Crippen LogP contribution is -2.32. The van der Waals surface area contributed by atoms with E-state index >= 15 is 0 Å². The first kappa shape index (κ1) is 20.7. The van der Waals surface area contributed by atoms with Crippen LogP contribution >= 0.6 is 0 Å². The number of nitrogens with zero attached hydrogens (tertiary/aromatic N) is 1. The Hall–Kier alpha value is -2.57. The summed E-state index contributed by atoms with van der Waals surface area (Å²) in [6, 6.07) is 4.62. The summed E-state index contributed by atoms with van der Waals surface area (Å²) >= 11 is 0. The number of carbonyl (C=O) groups excluding carboxylic acids is 3. The first-order chi connectivity index (χ1) is 13.1. The molecule has 0 N–H and O–H groups in total. The molecule has 0 aromatic heterocycles. The van der Waals surface area contributed by atoms with Crippen LogP contribution in [0, 0.1) is 0 Å². The van der Waals surface area contributed by atoms with Crippen molar-refractivity contribution in [2.75, 3.05) is 13.7 Å². The SMILES string of the molecule is CCCCCCCCOc1ccc(C(=O)ON2C(=O)CCC2=O)cc1OC. The number of hydroxylamine groups is 2. The van der Waals surface area contributed by atoms with Crippen molar-refractivity contribution in [3.63, 3.8) is 0 Å². The van der Waals surface area contributed by atoms with Crippen molar-refractivity contribution in [2.24, 2.45) is 0 Å². The lowest BCUT2D eigenvalue weighted by molar-refractivity contribution is -0.172. The van der Waals surface area contributed by atoms with Crippen LogP contribution in [-0.2, 0) is 14.4 Å². The molecule has 0 unspecified atom stereocenters. The van der Waals surface area contributed by atoms with Crippen LogP contribution in [0.3, 0.4) is 0 Å².